The second-order valence-electron chi connectivity index (χ2n) is 9.07. The molecule has 2 aromatic carbocycles. The maximum atomic E-state index is 12.2. The molecule has 7 heteroatoms. The topological polar surface area (TPSA) is 101 Å². The molecule has 0 heterocycles. The van der Waals surface area contributed by atoms with Crippen LogP contribution in [-0.4, -0.2) is 38.7 Å². The van der Waals surface area contributed by atoms with E-state index < -0.39 is 0 Å². The average molecular weight is 496 g/mol. The first kappa shape index (κ1) is 29.5. The van der Waals surface area contributed by atoms with Gasteiger partial charge in [0.15, 0.2) is 0 Å². The van der Waals surface area contributed by atoms with Crippen LogP contribution >= 0.6 is 0 Å². The molecule has 1 amide bonds. The van der Waals surface area contributed by atoms with Crippen molar-refractivity contribution in [3.05, 3.63) is 54.1 Å². The van der Waals surface area contributed by atoms with Crippen LogP contribution in [0.3, 0.4) is 0 Å². The summed E-state index contributed by atoms with van der Waals surface area (Å²) in [5, 5.41) is 14.6. The average Bonchev–Trinajstić information content (AvgIpc) is 2.91. The summed E-state index contributed by atoms with van der Waals surface area (Å²) in [6.07, 6.45) is 13.2. The number of carbonyl (C=O) groups is 1. The maximum absolute atomic E-state index is 12.2. The highest BCUT2D eigenvalue weighted by molar-refractivity contribution is 5.94. The largest absolute Gasteiger partial charge is 0.494 e. The van der Waals surface area contributed by atoms with Crippen molar-refractivity contribution in [2.24, 2.45) is 16.0 Å². The van der Waals surface area contributed by atoms with Gasteiger partial charge in [-0.2, -0.15) is 10.2 Å². The summed E-state index contributed by atoms with van der Waals surface area (Å²) in [5.41, 5.74) is 7.47. The minimum atomic E-state index is -0.110. The summed E-state index contributed by atoms with van der Waals surface area (Å²) in [6.45, 7) is 5.59. The minimum absolute atomic E-state index is 0.110. The molecule has 198 valence electrons. The van der Waals surface area contributed by atoms with Gasteiger partial charge in [-0.05, 0) is 55.0 Å². The first-order chi connectivity index (χ1) is 17.7. The fraction of sp³-hybridized carbons (Fsp3) is 0.552. The number of nitrogens with one attached hydrogen (secondary N) is 2. The fourth-order valence-electron chi connectivity index (χ4n) is 3.78. The van der Waals surface area contributed by atoms with Gasteiger partial charge in [0.05, 0.1) is 18.0 Å². The summed E-state index contributed by atoms with van der Waals surface area (Å²) in [4.78, 5) is 12.2. The summed E-state index contributed by atoms with van der Waals surface area (Å²) < 4.78 is 5.86. The molecular formula is C29H45N5O2. The number of benzene rings is 2. The van der Waals surface area contributed by atoms with Crippen LogP contribution < -0.4 is 21.1 Å². The van der Waals surface area contributed by atoms with Gasteiger partial charge >= 0.3 is 0 Å². The predicted octanol–water partition coefficient (Wildman–Crippen LogP) is 6.68. The van der Waals surface area contributed by atoms with Gasteiger partial charge in [-0.1, -0.05) is 64.7 Å². The molecule has 0 fully saturated rings. The Balaban J connectivity index is 1.61. The number of nitrogens with zero attached hydrogens (tertiary/aromatic N) is 2. The molecule has 0 aromatic heterocycles. The Hall–Kier alpha value is -2.77. The lowest BCUT2D eigenvalue weighted by atomic mass is 10.1. The van der Waals surface area contributed by atoms with Crippen LogP contribution in [0.2, 0.25) is 0 Å². The number of hydrogen-bond acceptors (Lipinski definition) is 6. The highest BCUT2D eigenvalue weighted by atomic mass is 16.5. The Kier molecular flexibility index (Phi) is 15.9. The smallest absolute Gasteiger partial charge is 0.251 e. The fourth-order valence-corrected chi connectivity index (χ4v) is 3.78. The molecule has 0 aliphatic heterocycles. The summed E-state index contributed by atoms with van der Waals surface area (Å²) in [5.74, 6) is 0.750. The number of nitrogens with two attached hydrogens (primary N) is 1. The number of unbranched alkanes of at least 4 members (excludes halogenated alkanes) is 9. The molecule has 0 atom stereocenters. The van der Waals surface area contributed by atoms with Crippen molar-refractivity contribution in [1.82, 2.24) is 10.6 Å². The Morgan fingerprint density at radius 1 is 0.750 bits per heavy atom. The van der Waals surface area contributed by atoms with Crippen molar-refractivity contribution >= 4 is 17.3 Å². The lowest BCUT2D eigenvalue weighted by Gasteiger charge is -2.06. The zero-order chi connectivity index (χ0) is 25.7. The third kappa shape index (κ3) is 13.4. The Morgan fingerprint density at radius 2 is 1.31 bits per heavy atom. The molecule has 4 N–H and O–H groups in total. The summed E-state index contributed by atoms with van der Waals surface area (Å²) >= 11 is 0. The van der Waals surface area contributed by atoms with Crippen molar-refractivity contribution in [3.63, 3.8) is 0 Å². The molecule has 0 bridgehead atoms. The number of carbonyl (C=O) groups excluding carboxylic acids is 1. The molecule has 36 heavy (non-hydrogen) atoms. The van der Waals surface area contributed by atoms with Crippen LogP contribution in [0.25, 0.3) is 0 Å². The SMILES string of the molecule is CCCCCCCCCCCCOc1ccc(N=Nc2ccc(C(=O)NCCNCCN)cc2)cc1. The molecule has 2 aromatic rings. The first-order valence-electron chi connectivity index (χ1n) is 13.7. The van der Waals surface area contributed by atoms with E-state index in [0.29, 0.717) is 30.9 Å². The van der Waals surface area contributed by atoms with Gasteiger partial charge in [0.25, 0.3) is 5.91 Å². The van der Waals surface area contributed by atoms with Crippen molar-refractivity contribution in [3.8, 4) is 5.75 Å². The molecule has 0 saturated heterocycles. The van der Waals surface area contributed by atoms with Crippen LogP contribution in [0.15, 0.2) is 58.8 Å². The van der Waals surface area contributed by atoms with E-state index in [1.54, 1.807) is 24.3 Å². The zero-order valence-electron chi connectivity index (χ0n) is 22.0. The normalized spacial score (nSPS) is 11.2. The number of amides is 1. The summed E-state index contributed by atoms with van der Waals surface area (Å²) in [7, 11) is 0. The molecule has 2 rings (SSSR count). The monoisotopic (exact) mass is 495 g/mol. The van der Waals surface area contributed by atoms with Crippen LogP contribution in [-0.2, 0) is 0 Å². The third-order valence-corrected chi connectivity index (χ3v) is 5.92. The van der Waals surface area contributed by atoms with Crippen molar-refractivity contribution in [1.29, 1.82) is 0 Å². The standard InChI is InChI=1S/C29H45N5O2/c1-2-3-4-5-6-7-8-9-10-11-24-36-28-18-16-27(17-19-28)34-33-26-14-12-25(13-15-26)29(35)32-23-22-31-21-20-30/h12-19,31H,2-11,20-24,30H2,1H3,(H,32,35). The lowest BCUT2D eigenvalue weighted by molar-refractivity contribution is 0.0954. The van der Waals surface area contributed by atoms with E-state index in [0.717, 1.165) is 31.0 Å². The van der Waals surface area contributed by atoms with Gasteiger partial charge in [-0.25, -0.2) is 0 Å². The highest BCUT2D eigenvalue weighted by Gasteiger charge is 2.04. The van der Waals surface area contributed by atoms with Crippen LogP contribution in [0.4, 0.5) is 11.4 Å². The molecule has 0 saturated carbocycles. The molecule has 0 radical (unpaired) electrons. The zero-order valence-corrected chi connectivity index (χ0v) is 22.0. The molecule has 0 aliphatic carbocycles. The number of azo groups is 1. The Bertz CT molecular complexity index is 853. The van der Waals surface area contributed by atoms with Crippen molar-refractivity contribution in [2.45, 2.75) is 71.1 Å². The lowest BCUT2D eigenvalue weighted by Crippen LogP contribution is -2.33. The number of ether oxygens (including phenoxy) is 1. The predicted molar refractivity (Wildman–Crippen MR) is 149 cm³/mol. The minimum Gasteiger partial charge on any atom is -0.494 e. The van der Waals surface area contributed by atoms with E-state index in [9.17, 15) is 4.79 Å². The van der Waals surface area contributed by atoms with Gasteiger partial charge in [-0.15, -0.1) is 0 Å². The van der Waals surface area contributed by atoms with Gasteiger partial charge < -0.3 is 21.1 Å². The van der Waals surface area contributed by atoms with Crippen LogP contribution in [0, 0.1) is 0 Å². The first-order valence-corrected chi connectivity index (χ1v) is 13.7. The van der Waals surface area contributed by atoms with Crippen LogP contribution in [0.5, 0.6) is 5.75 Å². The molecule has 0 spiro atoms. The maximum Gasteiger partial charge on any atom is 0.251 e. The van der Waals surface area contributed by atoms with E-state index in [-0.39, 0.29) is 5.91 Å². The quantitative estimate of drug-likeness (QED) is 0.141. The van der Waals surface area contributed by atoms with Crippen molar-refractivity contribution < 1.29 is 9.53 Å². The number of rotatable bonds is 20. The summed E-state index contributed by atoms with van der Waals surface area (Å²) in [6, 6.07) is 14.7. The van der Waals surface area contributed by atoms with Crippen LogP contribution in [0.1, 0.15) is 81.5 Å². The van der Waals surface area contributed by atoms with E-state index in [1.807, 2.05) is 24.3 Å². The molecule has 0 unspecified atom stereocenters. The molecular weight excluding hydrogens is 450 g/mol. The van der Waals surface area contributed by atoms with Gasteiger partial charge in [0.2, 0.25) is 0 Å². The Morgan fingerprint density at radius 3 is 1.89 bits per heavy atom. The number of hydrogen-bond donors (Lipinski definition) is 3. The second-order valence-corrected chi connectivity index (χ2v) is 9.07. The van der Waals surface area contributed by atoms with Gasteiger partial charge in [-0.3, -0.25) is 4.79 Å². The van der Waals surface area contributed by atoms with E-state index in [4.69, 9.17) is 10.5 Å². The molecule has 7 nitrogen and oxygen atoms in total. The molecule has 0 aliphatic rings. The Labute approximate surface area is 217 Å². The second kappa shape index (κ2) is 19.4. The van der Waals surface area contributed by atoms with Gasteiger partial charge in [0, 0.05) is 31.7 Å². The van der Waals surface area contributed by atoms with Gasteiger partial charge in [0.1, 0.15) is 5.75 Å². The third-order valence-electron chi connectivity index (χ3n) is 5.92. The van der Waals surface area contributed by atoms with Crippen molar-refractivity contribution in [2.75, 3.05) is 32.8 Å². The van der Waals surface area contributed by atoms with E-state index in [1.165, 1.54) is 57.8 Å². The highest BCUT2D eigenvalue weighted by Crippen LogP contribution is 2.22. The van der Waals surface area contributed by atoms with E-state index >= 15 is 0 Å². The van der Waals surface area contributed by atoms with E-state index in [2.05, 4.69) is 27.8 Å².